The molecule has 2 aromatic rings. The summed E-state index contributed by atoms with van der Waals surface area (Å²) >= 11 is 0. The first-order valence-electron chi connectivity index (χ1n) is 7.54. The van der Waals surface area contributed by atoms with Gasteiger partial charge < -0.3 is 24.1 Å². The number of benzene rings is 2. The van der Waals surface area contributed by atoms with Crippen LogP contribution >= 0.6 is 0 Å². The van der Waals surface area contributed by atoms with Crippen LogP contribution in [-0.4, -0.2) is 29.9 Å². The summed E-state index contributed by atoms with van der Waals surface area (Å²) < 4.78 is 20.6. The molecule has 0 bridgehead atoms. The Labute approximate surface area is 147 Å². The highest BCUT2D eigenvalue weighted by molar-refractivity contribution is 5.92. The van der Waals surface area contributed by atoms with E-state index >= 15 is 0 Å². The molecule has 0 fully saturated rings. The Hall–Kier alpha value is -3.33. The fraction of sp³-hybridized carbons (Fsp3) is 0.235. The van der Waals surface area contributed by atoms with Gasteiger partial charge >= 0.3 is 5.97 Å². The Balaban J connectivity index is 1.82. The van der Waals surface area contributed by atoms with Crippen molar-refractivity contribution in [3.8, 4) is 17.2 Å². The summed E-state index contributed by atoms with van der Waals surface area (Å²) in [4.78, 5) is 22.7. The van der Waals surface area contributed by atoms with E-state index in [-0.39, 0.29) is 37.0 Å². The molecular weight excluding hydrogens is 346 g/mol. The lowest BCUT2D eigenvalue weighted by atomic mass is 10.1. The first-order valence-corrected chi connectivity index (χ1v) is 7.54. The molecular formula is C17H15NO8. The maximum Gasteiger partial charge on any atom is 0.342 e. The predicted octanol–water partition coefficient (Wildman–Crippen LogP) is 2.53. The highest BCUT2D eigenvalue weighted by Crippen LogP contribution is 2.33. The number of fused-ring (bicyclic) bond motifs is 1. The van der Waals surface area contributed by atoms with Crippen LogP contribution in [0.5, 0.6) is 17.2 Å². The second-order valence-electron chi connectivity index (χ2n) is 5.42. The number of carbonyl (C=O) groups excluding carboxylic acids is 1. The molecule has 0 radical (unpaired) electrons. The monoisotopic (exact) mass is 361 g/mol. The minimum Gasteiger partial charge on any atom is -0.507 e. The van der Waals surface area contributed by atoms with E-state index in [2.05, 4.69) is 0 Å². The molecule has 1 aliphatic heterocycles. The minimum absolute atomic E-state index is 0.00499. The summed E-state index contributed by atoms with van der Waals surface area (Å²) in [5.74, 6) is -0.286. The van der Waals surface area contributed by atoms with E-state index in [9.17, 15) is 20.0 Å². The second kappa shape index (κ2) is 7.28. The maximum absolute atomic E-state index is 12.2. The van der Waals surface area contributed by atoms with Gasteiger partial charge in [0.2, 0.25) is 0 Å². The summed E-state index contributed by atoms with van der Waals surface area (Å²) in [6.45, 7) is -0.0867. The van der Waals surface area contributed by atoms with Crippen LogP contribution < -0.4 is 9.47 Å². The van der Waals surface area contributed by atoms with E-state index in [4.69, 9.17) is 18.9 Å². The summed E-state index contributed by atoms with van der Waals surface area (Å²) in [6, 6.07) is 6.79. The molecule has 0 atom stereocenters. The van der Waals surface area contributed by atoms with E-state index in [0.29, 0.717) is 22.6 Å². The van der Waals surface area contributed by atoms with Gasteiger partial charge in [0.1, 0.15) is 29.4 Å². The number of rotatable bonds is 5. The Bertz CT molecular complexity index is 864. The van der Waals surface area contributed by atoms with Crippen LogP contribution in [0.2, 0.25) is 0 Å². The molecule has 2 aromatic carbocycles. The van der Waals surface area contributed by atoms with Gasteiger partial charge in [0, 0.05) is 29.3 Å². The van der Waals surface area contributed by atoms with Crippen molar-refractivity contribution in [1.82, 2.24) is 0 Å². The number of carbonyl (C=O) groups is 1. The molecule has 0 saturated heterocycles. The number of phenols is 1. The highest BCUT2D eigenvalue weighted by Gasteiger charge is 2.22. The quantitative estimate of drug-likeness (QED) is 0.490. The Morgan fingerprint density at radius 1 is 1.35 bits per heavy atom. The number of hydrogen-bond acceptors (Lipinski definition) is 8. The van der Waals surface area contributed by atoms with Crippen molar-refractivity contribution >= 4 is 11.7 Å². The smallest absolute Gasteiger partial charge is 0.342 e. The molecule has 0 unspecified atom stereocenters. The van der Waals surface area contributed by atoms with E-state index in [1.54, 1.807) is 0 Å². The number of nitro benzene ring substituents is 1. The fourth-order valence-electron chi connectivity index (χ4n) is 2.53. The third kappa shape index (κ3) is 3.52. The van der Waals surface area contributed by atoms with Crippen LogP contribution in [0.25, 0.3) is 0 Å². The molecule has 9 nitrogen and oxygen atoms in total. The second-order valence-corrected chi connectivity index (χ2v) is 5.42. The number of nitrogens with zero attached hydrogens (tertiary/aromatic N) is 1. The van der Waals surface area contributed by atoms with Gasteiger partial charge in [-0.05, 0) is 12.1 Å². The van der Waals surface area contributed by atoms with Crippen molar-refractivity contribution in [2.75, 3.05) is 13.9 Å². The molecule has 9 heteroatoms. The van der Waals surface area contributed by atoms with Crippen LogP contribution in [0.1, 0.15) is 21.5 Å². The number of phenolic OH excluding ortho intramolecular Hbond substituents is 1. The average molecular weight is 361 g/mol. The Morgan fingerprint density at radius 2 is 2.15 bits per heavy atom. The van der Waals surface area contributed by atoms with Crippen molar-refractivity contribution in [1.29, 1.82) is 0 Å². The Morgan fingerprint density at radius 3 is 2.85 bits per heavy atom. The highest BCUT2D eigenvalue weighted by atomic mass is 16.7. The minimum atomic E-state index is -0.780. The number of aromatic hydroxyl groups is 1. The van der Waals surface area contributed by atoms with Crippen molar-refractivity contribution in [3.05, 3.63) is 57.1 Å². The van der Waals surface area contributed by atoms with Crippen LogP contribution in [0.15, 0.2) is 30.3 Å². The van der Waals surface area contributed by atoms with Gasteiger partial charge in [-0.25, -0.2) is 4.79 Å². The number of esters is 1. The number of nitro groups is 1. The van der Waals surface area contributed by atoms with Crippen molar-refractivity contribution < 1.29 is 33.8 Å². The molecule has 0 spiro atoms. The van der Waals surface area contributed by atoms with E-state index < -0.39 is 10.9 Å². The molecule has 0 saturated carbocycles. The van der Waals surface area contributed by atoms with Crippen LogP contribution in [0.4, 0.5) is 5.69 Å². The largest absolute Gasteiger partial charge is 0.507 e. The zero-order valence-corrected chi connectivity index (χ0v) is 13.8. The third-order valence-corrected chi connectivity index (χ3v) is 3.77. The topological polar surface area (TPSA) is 117 Å². The summed E-state index contributed by atoms with van der Waals surface area (Å²) in [6.07, 6.45) is 0. The average Bonchev–Trinajstić information content (AvgIpc) is 2.65. The molecule has 1 aliphatic rings. The van der Waals surface area contributed by atoms with Gasteiger partial charge in [-0.3, -0.25) is 10.1 Å². The molecule has 0 aromatic heterocycles. The normalized spacial score (nSPS) is 12.7. The third-order valence-electron chi connectivity index (χ3n) is 3.77. The van der Waals surface area contributed by atoms with Gasteiger partial charge in [-0.2, -0.15) is 0 Å². The standard InChI is InChI=1S/C17H15NO8/c1-23-13-2-3-14(15(19)6-13)17(20)25-8-11-5-12(18(21)22)4-10-7-24-9-26-16(10)11/h2-6,19H,7-9H2,1H3. The summed E-state index contributed by atoms with van der Waals surface area (Å²) in [7, 11) is 1.43. The Kier molecular flexibility index (Phi) is 4.90. The van der Waals surface area contributed by atoms with E-state index in [1.807, 2.05) is 0 Å². The van der Waals surface area contributed by atoms with E-state index in [0.717, 1.165) is 0 Å². The predicted molar refractivity (Wildman–Crippen MR) is 87.2 cm³/mol. The maximum atomic E-state index is 12.2. The number of non-ortho nitro benzene ring substituents is 1. The first kappa shape index (κ1) is 17.5. The molecule has 0 aliphatic carbocycles. The molecule has 3 rings (SSSR count). The fourth-order valence-corrected chi connectivity index (χ4v) is 2.53. The van der Waals surface area contributed by atoms with Gasteiger partial charge in [0.05, 0.1) is 18.6 Å². The van der Waals surface area contributed by atoms with Crippen molar-refractivity contribution in [2.45, 2.75) is 13.2 Å². The molecule has 1 heterocycles. The SMILES string of the molecule is COc1ccc(C(=O)OCc2cc([N+](=O)[O-])cc3c2OCOC3)c(O)c1. The molecule has 0 amide bonds. The first-order chi connectivity index (χ1) is 12.5. The molecule has 26 heavy (non-hydrogen) atoms. The number of hydrogen-bond donors (Lipinski definition) is 1. The van der Waals surface area contributed by atoms with Gasteiger partial charge in [-0.1, -0.05) is 0 Å². The van der Waals surface area contributed by atoms with Gasteiger partial charge in [0.25, 0.3) is 5.69 Å². The number of ether oxygens (including phenoxy) is 4. The van der Waals surface area contributed by atoms with Crippen molar-refractivity contribution in [2.24, 2.45) is 0 Å². The lowest BCUT2D eigenvalue weighted by Crippen LogP contribution is -2.15. The van der Waals surface area contributed by atoms with Crippen LogP contribution in [0.3, 0.4) is 0 Å². The van der Waals surface area contributed by atoms with Gasteiger partial charge in [-0.15, -0.1) is 0 Å². The van der Waals surface area contributed by atoms with Crippen LogP contribution in [-0.2, 0) is 22.7 Å². The summed E-state index contributed by atoms with van der Waals surface area (Å²) in [5.41, 5.74) is 0.646. The summed E-state index contributed by atoms with van der Waals surface area (Å²) in [5, 5.41) is 21.0. The zero-order chi connectivity index (χ0) is 18.7. The molecule has 1 N–H and O–H groups in total. The number of methoxy groups -OCH3 is 1. The van der Waals surface area contributed by atoms with Crippen molar-refractivity contribution in [3.63, 3.8) is 0 Å². The zero-order valence-electron chi connectivity index (χ0n) is 13.8. The lowest BCUT2D eigenvalue weighted by Gasteiger charge is -2.20. The van der Waals surface area contributed by atoms with Crippen LogP contribution in [0, 0.1) is 10.1 Å². The lowest BCUT2D eigenvalue weighted by molar-refractivity contribution is -0.385. The molecule has 136 valence electrons. The van der Waals surface area contributed by atoms with E-state index in [1.165, 1.54) is 37.4 Å². The van der Waals surface area contributed by atoms with Gasteiger partial charge in [0.15, 0.2) is 6.79 Å².